The van der Waals surface area contributed by atoms with Crippen molar-refractivity contribution in [3.8, 4) is 0 Å². The molecule has 1 aromatic carbocycles. The quantitative estimate of drug-likeness (QED) is 0.918. The zero-order valence-corrected chi connectivity index (χ0v) is 10.8. The van der Waals surface area contributed by atoms with Crippen LogP contribution < -0.4 is 5.32 Å². The van der Waals surface area contributed by atoms with Gasteiger partial charge in [0.15, 0.2) is 0 Å². The van der Waals surface area contributed by atoms with E-state index in [1.165, 1.54) is 0 Å². The first-order valence-electron chi connectivity index (χ1n) is 5.50. The van der Waals surface area contributed by atoms with Gasteiger partial charge in [0.05, 0.1) is 11.6 Å². The van der Waals surface area contributed by atoms with Gasteiger partial charge >= 0.3 is 0 Å². The molecule has 1 N–H and O–H groups in total. The van der Waals surface area contributed by atoms with Crippen molar-refractivity contribution in [3.05, 3.63) is 34.3 Å². The third-order valence-corrected chi connectivity index (χ3v) is 3.60. The Morgan fingerprint density at radius 1 is 1.50 bits per heavy atom. The van der Waals surface area contributed by atoms with Crippen LogP contribution in [0.5, 0.6) is 0 Å². The molecule has 4 heteroatoms. The Hall–Kier alpha value is -0.870. The molecule has 1 aliphatic rings. The zero-order chi connectivity index (χ0) is 11.5. The fourth-order valence-electron chi connectivity index (χ4n) is 1.85. The van der Waals surface area contributed by atoms with Gasteiger partial charge in [-0.1, -0.05) is 12.1 Å². The molecular weight excluding hydrogens is 268 g/mol. The second-order valence-electron chi connectivity index (χ2n) is 3.88. The lowest BCUT2D eigenvalue weighted by molar-refractivity contribution is 0.0629. The summed E-state index contributed by atoms with van der Waals surface area (Å²) in [4.78, 5) is 14.2. The molecule has 0 unspecified atom stereocenters. The normalized spacial score (nSPS) is 15.6. The first-order valence-corrected chi connectivity index (χ1v) is 6.29. The lowest BCUT2D eigenvalue weighted by Crippen LogP contribution is -2.58. The van der Waals surface area contributed by atoms with Crippen molar-refractivity contribution >= 4 is 21.8 Å². The van der Waals surface area contributed by atoms with Gasteiger partial charge in [-0.05, 0) is 35.0 Å². The molecule has 16 heavy (non-hydrogen) atoms. The van der Waals surface area contributed by atoms with Gasteiger partial charge in [0, 0.05) is 24.1 Å². The van der Waals surface area contributed by atoms with Crippen LogP contribution in [-0.4, -0.2) is 36.5 Å². The van der Waals surface area contributed by atoms with E-state index in [9.17, 15) is 4.79 Å². The molecule has 0 saturated carbocycles. The molecular formula is C12H15BrN2O. The van der Waals surface area contributed by atoms with Gasteiger partial charge in [0.1, 0.15) is 0 Å². The lowest BCUT2D eigenvalue weighted by Gasteiger charge is -2.37. The summed E-state index contributed by atoms with van der Waals surface area (Å²) >= 11 is 3.42. The van der Waals surface area contributed by atoms with E-state index in [1.807, 2.05) is 36.1 Å². The van der Waals surface area contributed by atoms with Crippen LogP contribution in [0.25, 0.3) is 0 Å². The Morgan fingerprint density at radius 2 is 2.19 bits per heavy atom. The Balaban J connectivity index is 2.19. The Kier molecular flexibility index (Phi) is 3.61. The highest BCUT2D eigenvalue weighted by atomic mass is 79.9. The summed E-state index contributed by atoms with van der Waals surface area (Å²) in [5.74, 6) is 0.112. The van der Waals surface area contributed by atoms with E-state index in [-0.39, 0.29) is 5.91 Å². The van der Waals surface area contributed by atoms with Crippen molar-refractivity contribution in [2.24, 2.45) is 0 Å². The standard InChI is InChI=1S/C12H15BrN2O/c1-2-15(9-7-14-8-9)12(16)10-5-3-4-6-11(10)13/h3-6,9,14H,2,7-8H2,1H3. The molecule has 86 valence electrons. The fourth-order valence-corrected chi connectivity index (χ4v) is 2.31. The number of likely N-dealkylation sites (N-methyl/N-ethyl adjacent to an activating group) is 1. The van der Waals surface area contributed by atoms with Crippen LogP contribution in [0.4, 0.5) is 0 Å². The number of hydrogen-bond donors (Lipinski definition) is 1. The van der Waals surface area contributed by atoms with Crippen molar-refractivity contribution in [1.82, 2.24) is 10.2 Å². The smallest absolute Gasteiger partial charge is 0.255 e. The average Bonchev–Trinajstić information content (AvgIpc) is 2.23. The summed E-state index contributed by atoms with van der Waals surface area (Å²) in [6.45, 7) is 4.59. The number of halogens is 1. The zero-order valence-electron chi connectivity index (χ0n) is 9.24. The molecule has 1 fully saturated rings. The minimum Gasteiger partial charge on any atom is -0.333 e. The molecule has 1 aromatic rings. The minimum atomic E-state index is 0.112. The molecule has 1 aliphatic heterocycles. The van der Waals surface area contributed by atoms with Crippen LogP contribution in [0.1, 0.15) is 17.3 Å². The average molecular weight is 283 g/mol. The van der Waals surface area contributed by atoms with Gasteiger partial charge in [-0.15, -0.1) is 0 Å². The summed E-state index contributed by atoms with van der Waals surface area (Å²) in [6.07, 6.45) is 0. The topological polar surface area (TPSA) is 32.3 Å². The van der Waals surface area contributed by atoms with Crippen molar-refractivity contribution in [2.75, 3.05) is 19.6 Å². The number of rotatable bonds is 3. The maximum absolute atomic E-state index is 12.3. The Labute approximate surface area is 104 Å². The minimum absolute atomic E-state index is 0.112. The van der Waals surface area contributed by atoms with Gasteiger partial charge in [-0.3, -0.25) is 4.79 Å². The second-order valence-corrected chi connectivity index (χ2v) is 4.74. The van der Waals surface area contributed by atoms with Crippen LogP contribution >= 0.6 is 15.9 Å². The maximum Gasteiger partial charge on any atom is 0.255 e. The van der Waals surface area contributed by atoms with Crippen LogP contribution in [0.15, 0.2) is 28.7 Å². The SMILES string of the molecule is CCN(C(=O)c1ccccc1Br)C1CNC1. The van der Waals surface area contributed by atoms with E-state index in [2.05, 4.69) is 21.2 Å². The monoisotopic (exact) mass is 282 g/mol. The molecule has 1 saturated heterocycles. The third kappa shape index (κ3) is 2.13. The van der Waals surface area contributed by atoms with Crippen molar-refractivity contribution in [3.63, 3.8) is 0 Å². The summed E-state index contributed by atoms with van der Waals surface area (Å²) in [5, 5.41) is 3.19. The first kappa shape index (κ1) is 11.6. The molecule has 2 rings (SSSR count). The first-order chi connectivity index (χ1) is 7.74. The number of nitrogens with one attached hydrogen (secondary N) is 1. The molecule has 1 amide bonds. The highest BCUT2D eigenvalue weighted by Gasteiger charge is 2.28. The van der Waals surface area contributed by atoms with Gasteiger partial charge in [0.25, 0.3) is 5.91 Å². The van der Waals surface area contributed by atoms with Crippen molar-refractivity contribution < 1.29 is 4.79 Å². The van der Waals surface area contributed by atoms with Crippen LogP contribution in [-0.2, 0) is 0 Å². The number of benzene rings is 1. The van der Waals surface area contributed by atoms with Crippen molar-refractivity contribution in [2.45, 2.75) is 13.0 Å². The number of hydrogen-bond acceptors (Lipinski definition) is 2. The van der Waals surface area contributed by atoms with Gasteiger partial charge in [-0.25, -0.2) is 0 Å². The Bertz CT molecular complexity index is 390. The van der Waals surface area contributed by atoms with E-state index < -0.39 is 0 Å². The fraction of sp³-hybridized carbons (Fsp3) is 0.417. The van der Waals surface area contributed by atoms with E-state index >= 15 is 0 Å². The number of carbonyl (C=O) groups is 1. The summed E-state index contributed by atoms with van der Waals surface area (Å²) in [6, 6.07) is 7.93. The van der Waals surface area contributed by atoms with Gasteiger partial charge in [-0.2, -0.15) is 0 Å². The van der Waals surface area contributed by atoms with Gasteiger partial charge < -0.3 is 10.2 Å². The van der Waals surface area contributed by atoms with Crippen LogP contribution in [0, 0.1) is 0 Å². The molecule has 0 radical (unpaired) electrons. The summed E-state index contributed by atoms with van der Waals surface area (Å²) < 4.78 is 0.866. The number of carbonyl (C=O) groups excluding carboxylic acids is 1. The predicted molar refractivity (Wildman–Crippen MR) is 67.5 cm³/mol. The Morgan fingerprint density at radius 3 is 2.69 bits per heavy atom. The molecule has 3 nitrogen and oxygen atoms in total. The molecule has 0 aromatic heterocycles. The van der Waals surface area contributed by atoms with E-state index in [1.54, 1.807) is 0 Å². The lowest BCUT2D eigenvalue weighted by atomic mass is 10.1. The van der Waals surface area contributed by atoms with E-state index in [0.29, 0.717) is 6.04 Å². The van der Waals surface area contributed by atoms with Crippen LogP contribution in [0.3, 0.4) is 0 Å². The molecule has 0 aliphatic carbocycles. The number of amides is 1. The number of nitrogens with zero attached hydrogens (tertiary/aromatic N) is 1. The maximum atomic E-state index is 12.3. The highest BCUT2D eigenvalue weighted by molar-refractivity contribution is 9.10. The molecule has 0 atom stereocenters. The van der Waals surface area contributed by atoms with Crippen LogP contribution in [0.2, 0.25) is 0 Å². The summed E-state index contributed by atoms with van der Waals surface area (Å²) in [5.41, 5.74) is 0.747. The molecule has 1 heterocycles. The summed E-state index contributed by atoms with van der Waals surface area (Å²) in [7, 11) is 0. The molecule has 0 bridgehead atoms. The van der Waals surface area contributed by atoms with E-state index in [4.69, 9.17) is 0 Å². The predicted octanol–water partition coefficient (Wildman–Crippen LogP) is 1.88. The molecule has 0 spiro atoms. The van der Waals surface area contributed by atoms with Gasteiger partial charge in [0.2, 0.25) is 0 Å². The second kappa shape index (κ2) is 4.97. The largest absolute Gasteiger partial charge is 0.333 e. The third-order valence-electron chi connectivity index (χ3n) is 2.91. The highest BCUT2D eigenvalue weighted by Crippen LogP contribution is 2.19. The van der Waals surface area contributed by atoms with E-state index in [0.717, 1.165) is 29.7 Å². The van der Waals surface area contributed by atoms with Crippen molar-refractivity contribution in [1.29, 1.82) is 0 Å².